The molecular weight excluding hydrogens is 420 g/mol. The van der Waals surface area contributed by atoms with Crippen LogP contribution in [0.15, 0.2) is 109 Å². The Kier molecular flexibility index (Phi) is 4.04. The fraction of sp³-hybridized carbons (Fsp3) is 0. The molecule has 1 aliphatic rings. The molecule has 34 heavy (non-hydrogen) atoms. The van der Waals surface area contributed by atoms with E-state index in [0.717, 1.165) is 56.4 Å². The van der Waals surface area contributed by atoms with Gasteiger partial charge in [-0.25, -0.2) is 9.36 Å². The van der Waals surface area contributed by atoms with E-state index in [1.165, 1.54) is 0 Å². The lowest BCUT2D eigenvalue weighted by atomic mass is 9.89. The van der Waals surface area contributed by atoms with Gasteiger partial charge in [-0.05, 0) is 24.3 Å². The smallest absolute Gasteiger partial charge is 0.122 e. The molecule has 7 rings (SSSR count). The van der Waals surface area contributed by atoms with Gasteiger partial charge < -0.3 is 0 Å². The van der Waals surface area contributed by atoms with Gasteiger partial charge in [-0.3, -0.25) is 0 Å². The van der Waals surface area contributed by atoms with Gasteiger partial charge in [-0.2, -0.15) is 0 Å². The van der Waals surface area contributed by atoms with E-state index in [1.807, 2.05) is 82.2 Å². The summed E-state index contributed by atoms with van der Waals surface area (Å²) in [6.45, 7) is 0. The van der Waals surface area contributed by atoms with E-state index in [9.17, 15) is 0 Å². The minimum absolute atomic E-state index is 0.826. The lowest BCUT2D eigenvalue weighted by Gasteiger charge is -2.18. The van der Waals surface area contributed by atoms with Crippen molar-refractivity contribution in [3.63, 3.8) is 0 Å². The average Bonchev–Trinajstić information content (AvgIpc) is 3.54. The molecule has 0 fully saturated rings. The summed E-state index contributed by atoms with van der Waals surface area (Å²) in [5.74, 6) is 0. The van der Waals surface area contributed by atoms with E-state index in [-0.39, 0.29) is 0 Å². The molecule has 0 N–H and O–H groups in total. The topological polar surface area (TPSA) is 61.4 Å². The van der Waals surface area contributed by atoms with Gasteiger partial charge in [0.25, 0.3) is 0 Å². The quantitative estimate of drug-likeness (QED) is 0.341. The van der Waals surface area contributed by atoms with E-state index < -0.39 is 0 Å². The summed E-state index contributed by atoms with van der Waals surface area (Å²) in [5.41, 5.74) is 9.48. The molecule has 6 nitrogen and oxygen atoms in total. The summed E-state index contributed by atoms with van der Waals surface area (Å²) in [6, 6.07) is 36.8. The maximum atomic E-state index is 4.67. The molecule has 4 aromatic carbocycles. The van der Waals surface area contributed by atoms with Gasteiger partial charge in [0.1, 0.15) is 22.8 Å². The number of hydrogen-bond donors (Lipinski definition) is 0. The second-order valence-corrected chi connectivity index (χ2v) is 8.16. The Bertz CT molecular complexity index is 1520. The summed E-state index contributed by atoms with van der Waals surface area (Å²) in [5, 5.41) is 18.5. The second-order valence-electron chi connectivity index (χ2n) is 8.16. The molecule has 0 bridgehead atoms. The SMILES string of the molecule is c1ccc(-n2nnc3c2-c2ccccc2-c2c(nnn2-c2ccccc2)-c2ccccc2-3)cc1. The van der Waals surface area contributed by atoms with Crippen LogP contribution in [0.5, 0.6) is 0 Å². The van der Waals surface area contributed by atoms with Crippen LogP contribution in [0.1, 0.15) is 0 Å². The van der Waals surface area contributed by atoms with Crippen molar-refractivity contribution in [2.24, 2.45) is 0 Å². The third-order valence-electron chi connectivity index (χ3n) is 6.22. The van der Waals surface area contributed by atoms with Gasteiger partial charge in [0.15, 0.2) is 0 Å². The van der Waals surface area contributed by atoms with Crippen LogP contribution >= 0.6 is 0 Å². The number of para-hydroxylation sites is 2. The standard InChI is InChI=1S/C28H18N6/c1-3-11-19(12-4-1)33-27-23-17-9-10-18-24(23)28-26(30-32-34(28)20-13-5-2-6-14-20)22-16-8-7-15-21(22)25(27)29-31-33/h1-18H. The van der Waals surface area contributed by atoms with Gasteiger partial charge in [-0.15, -0.1) is 10.2 Å². The Balaban J connectivity index is 1.63. The van der Waals surface area contributed by atoms with Crippen molar-refractivity contribution >= 4 is 0 Å². The molecule has 0 unspecified atom stereocenters. The third kappa shape index (κ3) is 2.69. The van der Waals surface area contributed by atoms with Crippen LogP contribution in [0.3, 0.4) is 0 Å². The molecule has 0 aliphatic heterocycles. The molecule has 0 amide bonds. The summed E-state index contributed by atoms with van der Waals surface area (Å²) in [6.07, 6.45) is 0. The summed E-state index contributed by atoms with van der Waals surface area (Å²) in [4.78, 5) is 0. The monoisotopic (exact) mass is 438 g/mol. The second kappa shape index (κ2) is 7.35. The number of rotatable bonds is 2. The highest BCUT2D eigenvalue weighted by atomic mass is 15.4. The lowest BCUT2D eigenvalue weighted by Crippen LogP contribution is -2.05. The van der Waals surface area contributed by atoms with E-state index in [0.29, 0.717) is 0 Å². The molecule has 0 radical (unpaired) electrons. The molecule has 0 spiro atoms. The molecule has 1 aliphatic carbocycles. The zero-order valence-electron chi connectivity index (χ0n) is 18.1. The largest absolute Gasteiger partial charge is 0.212 e. The minimum Gasteiger partial charge on any atom is -0.212 e. The molecule has 0 atom stereocenters. The van der Waals surface area contributed by atoms with Crippen molar-refractivity contribution < 1.29 is 0 Å². The fourth-order valence-corrected chi connectivity index (χ4v) is 4.70. The van der Waals surface area contributed by atoms with Gasteiger partial charge in [0.05, 0.1) is 11.4 Å². The van der Waals surface area contributed by atoms with Gasteiger partial charge in [0, 0.05) is 22.3 Å². The number of fused-ring (bicyclic) bond motifs is 8. The highest BCUT2D eigenvalue weighted by molar-refractivity contribution is 5.99. The molecule has 0 saturated heterocycles. The van der Waals surface area contributed by atoms with Gasteiger partial charge >= 0.3 is 0 Å². The Morgan fingerprint density at radius 3 is 1.15 bits per heavy atom. The molecule has 0 saturated carbocycles. The normalized spacial score (nSPS) is 11.5. The average molecular weight is 438 g/mol. The molecule has 6 heteroatoms. The summed E-state index contributed by atoms with van der Waals surface area (Å²) < 4.78 is 3.85. The summed E-state index contributed by atoms with van der Waals surface area (Å²) >= 11 is 0. The maximum Gasteiger partial charge on any atom is 0.122 e. The fourth-order valence-electron chi connectivity index (χ4n) is 4.70. The Morgan fingerprint density at radius 2 is 0.735 bits per heavy atom. The van der Waals surface area contributed by atoms with Crippen LogP contribution in [-0.2, 0) is 0 Å². The first-order valence-electron chi connectivity index (χ1n) is 11.1. The highest BCUT2D eigenvalue weighted by Crippen LogP contribution is 2.46. The van der Waals surface area contributed by atoms with Gasteiger partial charge in [0.2, 0.25) is 0 Å². The minimum atomic E-state index is 0.826. The van der Waals surface area contributed by atoms with Crippen LogP contribution < -0.4 is 0 Å². The third-order valence-corrected chi connectivity index (χ3v) is 6.22. The van der Waals surface area contributed by atoms with E-state index in [1.54, 1.807) is 0 Å². The van der Waals surface area contributed by atoms with Crippen molar-refractivity contribution in [2.45, 2.75) is 0 Å². The van der Waals surface area contributed by atoms with Crippen LogP contribution in [-0.4, -0.2) is 30.0 Å². The lowest BCUT2D eigenvalue weighted by molar-refractivity contribution is 0.805. The number of aromatic nitrogens is 6. The van der Waals surface area contributed by atoms with Crippen molar-refractivity contribution in [2.75, 3.05) is 0 Å². The number of benzene rings is 4. The number of hydrogen-bond acceptors (Lipinski definition) is 4. The van der Waals surface area contributed by atoms with Crippen molar-refractivity contribution in [3.8, 4) is 56.4 Å². The van der Waals surface area contributed by atoms with E-state index in [4.69, 9.17) is 0 Å². The first-order valence-corrected chi connectivity index (χ1v) is 11.1. The Morgan fingerprint density at radius 1 is 0.382 bits per heavy atom. The van der Waals surface area contributed by atoms with Crippen LogP contribution in [0, 0.1) is 0 Å². The predicted molar refractivity (Wildman–Crippen MR) is 132 cm³/mol. The van der Waals surface area contributed by atoms with Crippen molar-refractivity contribution in [1.29, 1.82) is 0 Å². The molecule has 2 aromatic heterocycles. The van der Waals surface area contributed by atoms with Crippen molar-refractivity contribution in [1.82, 2.24) is 30.0 Å². The Hall–Kier alpha value is -4.84. The molecule has 2 heterocycles. The Labute approximate surface area is 195 Å². The van der Waals surface area contributed by atoms with Gasteiger partial charge in [-0.1, -0.05) is 95.4 Å². The molecule has 160 valence electrons. The highest BCUT2D eigenvalue weighted by Gasteiger charge is 2.30. The van der Waals surface area contributed by atoms with Crippen molar-refractivity contribution in [3.05, 3.63) is 109 Å². The first kappa shape index (κ1) is 18.7. The molecular formula is C28H18N6. The zero-order valence-corrected chi connectivity index (χ0v) is 18.1. The van der Waals surface area contributed by atoms with Crippen LogP contribution in [0.4, 0.5) is 0 Å². The van der Waals surface area contributed by atoms with E-state index in [2.05, 4.69) is 57.0 Å². The first-order chi connectivity index (χ1) is 16.9. The predicted octanol–water partition coefficient (Wildman–Crippen LogP) is 5.83. The number of nitrogens with zero attached hydrogens (tertiary/aromatic N) is 6. The van der Waals surface area contributed by atoms with Crippen LogP contribution in [0.2, 0.25) is 0 Å². The van der Waals surface area contributed by atoms with Crippen LogP contribution in [0.25, 0.3) is 56.4 Å². The molecule has 6 aromatic rings. The summed E-state index contributed by atoms with van der Waals surface area (Å²) in [7, 11) is 0. The maximum absolute atomic E-state index is 4.67. The zero-order chi connectivity index (χ0) is 22.5. The van der Waals surface area contributed by atoms with E-state index >= 15 is 0 Å².